The summed E-state index contributed by atoms with van der Waals surface area (Å²) in [6.07, 6.45) is 2.04. The van der Waals surface area contributed by atoms with E-state index in [1.165, 1.54) is 28.3 Å². The van der Waals surface area contributed by atoms with Gasteiger partial charge in [-0.15, -0.1) is 0 Å². The van der Waals surface area contributed by atoms with Gasteiger partial charge in [0, 0.05) is 11.5 Å². The molecule has 0 aliphatic rings. The lowest BCUT2D eigenvalue weighted by Crippen LogP contribution is -1.89. The van der Waals surface area contributed by atoms with Gasteiger partial charge in [-0.1, -0.05) is 73.4 Å². The lowest BCUT2D eigenvalue weighted by molar-refractivity contribution is 0.327. The van der Waals surface area contributed by atoms with E-state index in [1.807, 2.05) is 25.1 Å². The van der Waals surface area contributed by atoms with Crippen LogP contribution >= 0.6 is 28.5 Å². The molecule has 0 radical (unpaired) electrons. The van der Waals surface area contributed by atoms with E-state index in [0.717, 1.165) is 24.3 Å². The van der Waals surface area contributed by atoms with Gasteiger partial charge in [0.1, 0.15) is 0 Å². The Kier molecular flexibility index (Phi) is 8.16. The number of hydrogen-bond donors (Lipinski definition) is 0. The van der Waals surface area contributed by atoms with Gasteiger partial charge in [0.25, 0.3) is 0 Å². The minimum absolute atomic E-state index is 0.600. The molecule has 0 fully saturated rings. The van der Waals surface area contributed by atoms with Crippen molar-refractivity contribution in [1.29, 1.82) is 0 Å². The van der Waals surface area contributed by atoms with E-state index in [4.69, 9.17) is 4.52 Å². The van der Waals surface area contributed by atoms with Crippen molar-refractivity contribution in [2.75, 3.05) is 12.4 Å². The molecule has 1 aromatic carbocycles. The monoisotopic (exact) mass is 304 g/mol. The van der Waals surface area contributed by atoms with Crippen LogP contribution in [0.4, 0.5) is 0 Å². The molecule has 2 nitrogen and oxygen atoms in total. The third kappa shape index (κ3) is 6.33. The average Bonchev–Trinajstić information content (AvgIpc) is 2.39. The normalized spacial score (nSPS) is 14.3. The Morgan fingerprint density at radius 3 is 2.50 bits per heavy atom. The number of hydrogen-bond acceptors (Lipinski definition) is 4. The van der Waals surface area contributed by atoms with E-state index >= 15 is 0 Å². The number of unbranched alkanes of at least 4 members (excludes halogenated alkanes) is 1. The molecule has 1 unspecified atom stereocenters. The SMILES string of the molecule is CCCCOP(=O)(SCC)SCc1ccccc1. The zero-order chi connectivity index (χ0) is 13.3. The van der Waals surface area contributed by atoms with Crippen molar-refractivity contribution in [1.82, 2.24) is 0 Å². The van der Waals surface area contributed by atoms with Crippen LogP contribution in [0.15, 0.2) is 30.3 Å². The first kappa shape index (κ1) is 16.2. The summed E-state index contributed by atoms with van der Waals surface area (Å²) in [6.45, 7) is 4.73. The zero-order valence-corrected chi connectivity index (χ0v) is 13.5. The summed E-state index contributed by atoms with van der Waals surface area (Å²) in [4.78, 5) is 0. The van der Waals surface area contributed by atoms with Gasteiger partial charge in [-0.3, -0.25) is 4.57 Å². The molecule has 0 aliphatic heterocycles. The van der Waals surface area contributed by atoms with Gasteiger partial charge in [-0.2, -0.15) is 0 Å². The predicted octanol–water partition coefficient (Wildman–Crippen LogP) is 5.60. The maximum atomic E-state index is 12.6. The van der Waals surface area contributed by atoms with Crippen LogP contribution in [0, 0.1) is 0 Å². The molecule has 0 saturated heterocycles. The zero-order valence-electron chi connectivity index (χ0n) is 11.0. The fourth-order valence-corrected chi connectivity index (χ4v) is 7.79. The lowest BCUT2D eigenvalue weighted by atomic mass is 10.2. The second-order valence-electron chi connectivity index (χ2n) is 3.81. The van der Waals surface area contributed by atoms with Crippen molar-refractivity contribution in [3.8, 4) is 0 Å². The summed E-state index contributed by atoms with van der Waals surface area (Å²) in [5.74, 6) is -1.01. The molecule has 0 N–H and O–H groups in total. The average molecular weight is 304 g/mol. The summed E-state index contributed by atoms with van der Waals surface area (Å²) in [5, 5.41) is 0. The first-order valence-electron chi connectivity index (χ1n) is 6.27. The Morgan fingerprint density at radius 1 is 1.17 bits per heavy atom. The van der Waals surface area contributed by atoms with Crippen molar-refractivity contribution in [3.63, 3.8) is 0 Å². The van der Waals surface area contributed by atoms with Crippen LogP contribution in [0.3, 0.4) is 0 Å². The van der Waals surface area contributed by atoms with Crippen LogP contribution in [0.25, 0.3) is 0 Å². The summed E-state index contributed by atoms with van der Waals surface area (Å²) >= 11 is 2.89. The molecule has 0 amide bonds. The van der Waals surface area contributed by atoms with Gasteiger partial charge in [0.2, 0.25) is 0 Å². The second-order valence-corrected chi connectivity index (χ2v) is 11.5. The van der Waals surface area contributed by atoms with Gasteiger partial charge in [-0.05, 0) is 12.0 Å². The smallest absolute Gasteiger partial charge is 0.313 e. The Morgan fingerprint density at radius 2 is 1.89 bits per heavy atom. The fourth-order valence-electron chi connectivity index (χ4n) is 1.32. The minimum atomic E-state index is -2.58. The molecule has 1 atom stereocenters. The van der Waals surface area contributed by atoms with E-state index in [-0.39, 0.29) is 0 Å². The Labute approximate surface area is 118 Å². The first-order valence-corrected chi connectivity index (χ1v) is 11.1. The van der Waals surface area contributed by atoms with E-state index in [2.05, 4.69) is 19.1 Å². The molecule has 0 aliphatic carbocycles. The van der Waals surface area contributed by atoms with Crippen molar-refractivity contribution in [2.45, 2.75) is 32.4 Å². The molecular formula is C13H21O2PS2. The van der Waals surface area contributed by atoms with Crippen molar-refractivity contribution < 1.29 is 9.09 Å². The largest absolute Gasteiger partial charge is 0.314 e. The van der Waals surface area contributed by atoms with Crippen molar-refractivity contribution >= 4 is 28.5 Å². The summed E-state index contributed by atoms with van der Waals surface area (Å²) in [7, 11) is 0. The highest BCUT2D eigenvalue weighted by atomic mass is 33.1. The molecule has 5 heteroatoms. The second kappa shape index (κ2) is 9.08. The van der Waals surface area contributed by atoms with Gasteiger partial charge < -0.3 is 4.52 Å². The maximum Gasteiger partial charge on any atom is 0.313 e. The van der Waals surface area contributed by atoms with Gasteiger partial charge >= 0.3 is 5.77 Å². The van der Waals surface area contributed by atoms with Crippen LogP contribution in [-0.2, 0) is 14.8 Å². The Bertz CT molecular complexity index is 371. The Hall–Kier alpha value is 0.110. The minimum Gasteiger partial charge on any atom is -0.314 e. The van der Waals surface area contributed by atoms with Gasteiger partial charge in [0.15, 0.2) is 0 Å². The van der Waals surface area contributed by atoms with Crippen LogP contribution in [0.1, 0.15) is 32.3 Å². The summed E-state index contributed by atoms with van der Waals surface area (Å²) in [6, 6.07) is 10.1. The summed E-state index contributed by atoms with van der Waals surface area (Å²) in [5.41, 5.74) is 1.19. The predicted molar refractivity (Wildman–Crippen MR) is 84.3 cm³/mol. The third-order valence-corrected chi connectivity index (χ3v) is 9.71. The molecular weight excluding hydrogens is 283 g/mol. The Balaban J connectivity index is 2.48. The summed E-state index contributed by atoms with van der Waals surface area (Å²) < 4.78 is 18.2. The third-order valence-electron chi connectivity index (χ3n) is 2.27. The van der Waals surface area contributed by atoms with E-state index in [9.17, 15) is 4.57 Å². The number of rotatable bonds is 9. The van der Waals surface area contributed by atoms with Crippen LogP contribution in [-0.4, -0.2) is 12.4 Å². The molecule has 0 bridgehead atoms. The van der Waals surface area contributed by atoms with Crippen LogP contribution < -0.4 is 0 Å². The standard InChI is InChI=1S/C13H21O2PS2/c1-3-5-11-15-16(14,17-4-2)18-12-13-9-7-6-8-10-13/h6-10H,3-5,11-12H2,1-2H3. The molecule has 0 heterocycles. The quantitative estimate of drug-likeness (QED) is 0.438. The highest BCUT2D eigenvalue weighted by Crippen LogP contribution is 2.70. The van der Waals surface area contributed by atoms with E-state index in [1.54, 1.807) is 0 Å². The van der Waals surface area contributed by atoms with E-state index in [0.29, 0.717) is 6.61 Å². The van der Waals surface area contributed by atoms with Gasteiger partial charge in [-0.25, -0.2) is 0 Å². The number of benzene rings is 1. The van der Waals surface area contributed by atoms with Gasteiger partial charge in [0.05, 0.1) is 6.61 Å². The molecule has 0 spiro atoms. The maximum absolute atomic E-state index is 12.6. The van der Waals surface area contributed by atoms with Crippen molar-refractivity contribution in [3.05, 3.63) is 35.9 Å². The first-order chi connectivity index (χ1) is 8.70. The molecule has 0 aromatic heterocycles. The molecule has 1 rings (SSSR count). The molecule has 102 valence electrons. The van der Waals surface area contributed by atoms with Crippen LogP contribution in [0.2, 0.25) is 0 Å². The topological polar surface area (TPSA) is 26.3 Å². The van der Waals surface area contributed by atoms with E-state index < -0.39 is 5.77 Å². The molecule has 1 aromatic rings. The highest BCUT2D eigenvalue weighted by Gasteiger charge is 2.23. The molecule has 18 heavy (non-hydrogen) atoms. The fraction of sp³-hybridized carbons (Fsp3) is 0.538. The van der Waals surface area contributed by atoms with Crippen LogP contribution in [0.5, 0.6) is 0 Å². The molecule has 0 saturated carbocycles. The lowest BCUT2D eigenvalue weighted by Gasteiger charge is -2.16. The van der Waals surface area contributed by atoms with Crippen molar-refractivity contribution in [2.24, 2.45) is 0 Å². The highest BCUT2D eigenvalue weighted by molar-refractivity contribution is 8.89.